The molecule has 0 saturated carbocycles. The summed E-state index contributed by atoms with van der Waals surface area (Å²) in [5.74, 6) is 0.342. The van der Waals surface area contributed by atoms with E-state index < -0.39 is 0 Å². The zero-order valence-corrected chi connectivity index (χ0v) is 20.0. The predicted molar refractivity (Wildman–Crippen MR) is 136 cm³/mol. The molecule has 1 N–H and O–H groups in total. The topological polar surface area (TPSA) is 81.3 Å². The molecule has 0 saturated heterocycles. The molecular formula is C25H20ClN5O2S. The van der Waals surface area contributed by atoms with Gasteiger partial charge in [-0.25, -0.2) is 4.57 Å². The fraction of sp³-hybridized carbons (Fsp3) is 0.120. The number of nitrogens with zero attached hydrogens (tertiary/aromatic N) is 4. The third-order valence-corrected chi connectivity index (χ3v) is 6.64. The molecule has 9 heteroatoms. The largest absolute Gasteiger partial charge is 0.325 e. The average Bonchev–Trinajstić information content (AvgIpc) is 3.25. The van der Waals surface area contributed by atoms with Gasteiger partial charge in [0.1, 0.15) is 0 Å². The second-order valence-corrected chi connectivity index (χ2v) is 9.29. The van der Waals surface area contributed by atoms with Crippen LogP contribution in [0.4, 0.5) is 5.69 Å². The molecule has 0 bridgehead atoms. The molecule has 34 heavy (non-hydrogen) atoms. The molecule has 5 aromatic rings. The number of halogens is 1. The molecule has 5 rings (SSSR count). The molecule has 0 unspecified atom stereocenters. The molecule has 0 aliphatic rings. The standard InChI is InChI=1S/C25H20ClN5O2S/c1-15-7-8-16(2)21(13-15)30-23(33)19-5-3-4-6-20(19)31-24(30)28-29-25(31)34-14-22(32)27-18-11-9-17(26)10-12-18/h3-13H,14H2,1-2H3,(H,27,32). The first-order chi connectivity index (χ1) is 16.4. The van der Waals surface area contributed by atoms with Gasteiger partial charge in [-0.2, -0.15) is 0 Å². The number of carbonyl (C=O) groups excluding carboxylic acids is 1. The Morgan fingerprint density at radius 1 is 1.03 bits per heavy atom. The summed E-state index contributed by atoms with van der Waals surface area (Å²) >= 11 is 7.16. The van der Waals surface area contributed by atoms with Gasteiger partial charge in [0.15, 0.2) is 5.16 Å². The Morgan fingerprint density at radius 3 is 2.59 bits per heavy atom. The van der Waals surface area contributed by atoms with E-state index in [2.05, 4.69) is 15.5 Å². The highest BCUT2D eigenvalue weighted by atomic mass is 35.5. The minimum Gasteiger partial charge on any atom is -0.325 e. The zero-order chi connectivity index (χ0) is 23.8. The monoisotopic (exact) mass is 489 g/mol. The highest BCUT2D eigenvalue weighted by molar-refractivity contribution is 7.99. The summed E-state index contributed by atoms with van der Waals surface area (Å²) in [6.45, 7) is 3.94. The first kappa shape index (κ1) is 22.2. The summed E-state index contributed by atoms with van der Waals surface area (Å²) in [5, 5.41) is 13.2. The van der Waals surface area contributed by atoms with E-state index in [0.717, 1.165) is 16.8 Å². The molecule has 2 aromatic heterocycles. The van der Waals surface area contributed by atoms with Crippen LogP contribution >= 0.6 is 23.4 Å². The van der Waals surface area contributed by atoms with Crippen molar-refractivity contribution in [2.75, 3.05) is 11.1 Å². The molecule has 2 heterocycles. The van der Waals surface area contributed by atoms with Crippen molar-refractivity contribution in [1.82, 2.24) is 19.2 Å². The minimum absolute atomic E-state index is 0.125. The molecule has 0 aliphatic carbocycles. The SMILES string of the molecule is Cc1ccc(C)c(-n2c(=O)c3ccccc3n3c(SCC(=O)Nc4ccc(Cl)cc4)nnc23)c1. The number of aromatic nitrogens is 4. The highest BCUT2D eigenvalue weighted by Crippen LogP contribution is 2.25. The van der Waals surface area contributed by atoms with Gasteiger partial charge in [-0.15, -0.1) is 10.2 Å². The molecule has 3 aromatic carbocycles. The van der Waals surface area contributed by atoms with E-state index in [-0.39, 0.29) is 17.2 Å². The van der Waals surface area contributed by atoms with Crippen LogP contribution in [-0.2, 0) is 4.79 Å². The summed E-state index contributed by atoms with van der Waals surface area (Å²) in [5.41, 5.74) is 3.92. The van der Waals surface area contributed by atoms with E-state index in [9.17, 15) is 9.59 Å². The lowest BCUT2D eigenvalue weighted by Gasteiger charge is -2.14. The predicted octanol–water partition coefficient (Wildman–Crippen LogP) is 5.03. The summed E-state index contributed by atoms with van der Waals surface area (Å²) in [7, 11) is 0. The molecule has 170 valence electrons. The number of hydrogen-bond donors (Lipinski definition) is 1. The third kappa shape index (κ3) is 4.06. The summed E-state index contributed by atoms with van der Waals surface area (Å²) in [4.78, 5) is 26.0. The Hall–Kier alpha value is -3.62. The number of rotatable bonds is 5. The van der Waals surface area contributed by atoms with Crippen molar-refractivity contribution in [2.45, 2.75) is 19.0 Å². The van der Waals surface area contributed by atoms with Crippen LogP contribution in [0.15, 0.2) is 76.7 Å². The number of benzene rings is 3. The Kier molecular flexibility index (Phi) is 5.85. The van der Waals surface area contributed by atoms with E-state index in [1.165, 1.54) is 11.8 Å². The van der Waals surface area contributed by atoms with Gasteiger partial charge in [0, 0.05) is 10.7 Å². The lowest BCUT2D eigenvalue weighted by Crippen LogP contribution is -2.22. The van der Waals surface area contributed by atoms with Crippen LogP contribution in [0.3, 0.4) is 0 Å². The van der Waals surface area contributed by atoms with Gasteiger partial charge in [0.05, 0.1) is 22.3 Å². The highest BCUT2D eigenvalue weighted by Gasteiger charge is 2.19. The quantitative estimate of drug-likeness (QED) is 0.350. The van der Waals surface area contributed by atoms with Crippen LogP contribution in [0.1, 0.15) is 11.1 Å². The first-order valence-corrected chi connectivity index (χ1v) is 11.9. The fourth-order valence-corrected chi connectivity index (χ4v) is 4.68. The molecule has 0 spiro atoms. The first-order valence-electron chi connectivity index (χ1n) is 10.6. The number of aryl methyl sites for hydroxylation is 2. The lowest BCUT2D eigenvalue weighted by atomic mass is 10.1. The van der Waals surface area contributed by atoms with Crippen molar-refractivity contribution in [3.05, 3.63) is 93.2 Å². The number of hydrogen-bond acceptors (Lipinski definition) is 5. The number of thioether (sulfide) groups is 1. The van der Waals surface area contributed by atoms with Crippen LogP contribution in [0.25, 0.3) is 22.4 Å². The van der Waals surface area contributed by atoms with Crippen molar-refractivity contribution in [2.24, 2.45) is 0 Å². The molecule has 7 nitrogen and oxygen atoms in total. The van der Waals surface area contributed by atoms with Gasteiger partial charge in [0.25, 0.3) is 5.56 Å². The second kappa shape index (κ2) is 8.96. The van der Waals surface area contributed by atoms with Crippen LogP contribution in [0.5, 0.6) is 0 Å². The summed E-state index contributed by atoms with van der Waals surface area (Å²) in [6.07, 6.45) is 0. The Labute approximate surface area is 204 Å². The van der Waals surface area contributed by atoms with Crippen molar-refractivity contribution < 1.29 is 4.79 Å². The molecule has 0 atom stereocenters. The Balaban J connectivity index is 1.57. The van der Waals surface area contributed by atoms with E-state index in [4.69, 9.17) is 11.6 Å². The maximum Gasteiger partial charge on any atom is 0.267 e. The maximum atomic E-state index is 13.5. The fourth-order valence-electron chi connectivity index (χ4n) is 3.81. The number of anilines is 1. The second-order valence-electron chi connectivity index (χ2n) is 7.91. The number of carbonyl (C=O) groups is 1. The van der Waals surface area contributed by atoms with Gasteiger partial charge in [-0.3, -0.25) is 14.0 Å². The summed E-state index contributed by atoms with van der Waals surface area (Å²) in [6, 6.07) is 20.2. The number of para-hydroxylation sites is 1. The van der Waals surface area contributed by atoms with Gasteiger partial charge in [0.2, 0.25) is 11.7 Å². The molecule has 0 fully saturated rings. The van der Waals surface area contributed by atoms with Crippen LogP contribution in [0.2, 0.25) is 5.02 Å². The van der Waals surface area contributed by atoms with Crippen molar-refractivity contribution in [3.8, 4) is 5.69 Å². The zero-order valence-electron chi connectivity index (χ0n) is 18.4. The summed E-state index contributed by atoms with van der Waals surface area (Å²) < 4.78 is 3.42. The van der Waals surface area contributed by atoms with Gasteiger partial charge < -0.3 is 5.32 Å². The molecular weight excluding hydrogens is 470 g/mol. The Bertz CT molecular complexity index is 1610. The van der Waals surface area contributed by atoms with Crippen LogP contribution in [-0.4, -0.2) is 30.8 Å². The number of nitrogens with one attached hydrogen (secondary N) is 1. The van der Waals surface area contributed by atoms with Crippen LogP contribution < -0.4 is 10.9 Å². The van der Waals surface area contributed by atoms with E-state index in [1.54, 1.807) is 34.9 Å². The number of amides is 1. The minimum atomic E-state index is -0.184. The van der Waals surface area contributed by atoms with Gasteiger partial charge >= 0.3 is 0 Å². The van der Waals surface area contributed by atoms with E-state index >= 15 is 0 Å². The van der Waals surface area contributed by atoms with E-state index in [0.29, 0.717) is 32.5 Å². The molecule has 1 amide bonds. The molecule has 0 aliphatic heterocycles. The smallest absolute Gasteiger partial charge is 0.267 e. The number of fused-ring (bicyclic) bond motifs is 3. The molecule has 0 radical (unpaired) electrons. The van der Waals surface area contributed by atoms with Gasteiger partial charge in [-0.1, -0.05) is 47.6 Å². The third-order valence-electron chi connectivity index (χ3n) is 5.46. The Morgan fingerprint density at radius 2 is 1.79 bits per heavy atom. The maximum absolute atomic E-state index is 13.5. The van der Waals surface area contributed by atoms with Crippen molar-refractivity contribution >= 4 is 51.6 Å². The normalized spacial score (nSPS) is 11.3. The van der Waals surface area contributed by atoms with E-state index in [1.807, 2.05) is 54.6 Å². The van der Waals surface area contributed by atoms with Crippen molar-refractivity contribution in [3.63, 3.8) is 0 Å². The average molecular weight is 490 g/mol. The van der Waals surface area contributed by atoms with Crippen LogP contribution in [0, 0.1) is 13.8 Å². The van der Waals surface area contributed by atoms with Crippen molar-refractivity contribution in [1.29, 1.82) is 0 Å². The lowest BCUT2D eigenvalue weighted by molar-refractivity contribution is -0.113. The van der Waals surface area contributed by atoms with Gasteiger partial charge in [-0.05, 0) is 67.4 Å².